The lowest BCUT2D eigenvalue weighted by Gasteiger charge is -2.29. The Kier molecular flexibility index (Phi) is 7.71. The molecule has 65 heavy (non-hydrogen) atoms. The molecule has 6 heteroatoms. The van der Waals surface area contributed by atoms with Gasteiger partial charge in [0.2, 0.25) is 0 Å². The highest BCUT2D eigenvalue weighted by Crippen LogP contribution is 2.48. The third-order valence-electron chi connectivity index (χ3n) is 13.5. The molecule has 0 saturated carbocycles. The maximum Gasteiger partial charge on any atom is 0.164 e. The van der Waals surface area contributed by atoms with Crippen LogP contribution in [0.15, 0.2) is 205 Å². The minimum atomic E-state index is 0.0753. The maximum atomic E-state index is 6.67. The summed E-state index contributed by atoms with van der Waals surface area (Å²) in [5, 5.41) is 10.5. The van der Waals surface area contributed by atoms with Gasteiger partial charge in [-0.05, 0) is 99.9 Å². The molecule has 3 aromatic heterocycles. The SMILES string of the molecule is C1=c2c(n(-c3ccccc3)c3ccccc23)=CC2C1c1ccccc1N2c1ccc2oc3cc(-c4nc(-c5ccc6ccccc6c5)nc(-c5ccc6ccccc6c5)n4)ccc3c2c1. The van der Waals surface area contributed by atoms with Gasteiger partial charge in [-0.3, -0.25) is 0 Å². The molecule has 2 unspecified atom stereocenters. The summed E-state index contributed by atoms with van der Waals surface area (Å²) in [6.07, 6.45) is 5.00. The first-order valence-corrected chi connectivity index (χ1v) is 22.2. The second-order valence-corrected chi connectivity index (χ2v) is 17.2. The van der Waals surface area contributed by atoms with Crippen LogP contribution in [0.4, 0.5) is 11.4 Å². The minimum absolute atomic E-state index is 0.0753. The first kappa shape index (κ1) is 35.9. The molecule has 0 amide bonds. The van der Waals surface area contributed by atoms with Gasteiger partial charge in [-0.25, -0.2) is 15.0 Å². The van der Waals surface area contributed by atoms with Crippen LogP contribution in [0.25, 0.3) is 106 Å². The van der Waals surface area contributed by atoms with E-state index in [1.165, 1.54) is 43.5 Å². The quantitative estimate of drug-likeness (QED) is 0.173. The van der Waals surface area contributed by atoms with Crippen molar-refractivity contribution in [1.29, 1.82) is 0 Å². The van der Waals surface area contributed by atoms with Crippen LogP contribution < -0.4 is 15.5 Å². The molecular weight excluding hydrogens is 795 g/mol. The zero-order valence-electron chi connectivity index (χ0n) is 35.0. The van der Waals surface area contributed by atoms with Crippen LogP contribution in [-0.4, -0.2) is 25.6 Å². The number of para-hydroxylation sites is 3. The van der Waals surface area contributed by atoms with Gasteiger partial charge < -0.3 is 13.9 Å². The number of furan rings is 1. The molecule has 6 nitrogen and oxygen atoms in total. The lowest BCUT2D eigenvalue weighted by Crippen LogP contribution is -2.40. The van der Waals surface area contributed by atoms with E-state index in [4.69, 9.17) is 19.4 Å². The summed E-state index contributed by atoms with van der Waals surface area (Å²) in [5.74, 6) is 2.02. The standard InChI is InChI=1S/C59H37N5O/c1-2-16-43(17-3-1)63-51-20-10-8-18-45(51)48-34-49-46-19-9-11-21-52(46)64(54(49)35-53(48)63)44-27-29-55-50(33-44)47-28-26-42(32-56(47)65-55)59-61-57(40-24-22-36-12-4-6-14-38(36)30-40)60-58(62-59)41-25-23-37-13-5-7-15-39(37)31-41/h1-35,49,54H. The smallest absolute Gasteiger partial charge is 0.164 e. The third-order valence-corrected chi connectivity index (χ3v) is 13.5. The number of fused-ring (bicyclic) bond motifs is 11. The lowest BCUT2D eigenvalue weighted by atomic mass is 9.90. The molecule has 0 radical (unpaired) electrons. The van der Waals surface area contributed by atoms with Crippen molar-refractivity contribution in [1.82, 2.24) is 19.5 Å². The van der Waals surface area contributed by atoms with Gasteiger partial charge in [0.05, 0.1) is 16.9 Å². The fraction of sp³-hybridized carbons (Fsp3) is 0.0339. The van der Waals surface area contributed by atoms with Crippen molar-refractivity contribution in [3.63, 3.8) is 0 Å². The number of hydrogen-bond donors (Lipinski definition) is 0. The van der Waals surface area contributed by atoms with E-state index in [0.29, 0.717) is 17.5 Å². The third kappa shape index (κ3) is 5.63. The van der Waals surface area contributed by atoms with E-state index in [2.05, 4.69) is 222 Å². The van der Waals surface area contributed by atoms with Crippen LogP contribution in [0.2, 0.25) is 0 Å². The Morgan fingerprint density at radius 3 is 1.77 bits per heavy atom. The van der Waals surface area contributed by atoms with E-state index in [1.807, 2.05) is 0 Å². The minimum Gasteiger partial charge on any atom is -0.456 e. The van der Waals surface area contributed by atoms with Crippen LogP contribution in [0.3, 0.4) is 0 Å². The number of benzene rings is 9. The number of hydrogen-bond acceptors (Lipinski definition) is 5. The highest BCUT2D eigenvalue weighted by Gasteiger charge is 2.39. The Hall–Kier alpha value is -8.61. The summed E-state index contributed by atoms with van der Waals surface area (Å²) in [5.41, 5.74) is 10.4. The van der Waals surface area contributed by atoms with E-state index in [-0.39, 0.29) is 12.0 Å². The van der Waals surface area contributed by atoms with E-state index in [1.54, 1.807) is 0 Å². The van der Waals surface area contributed by atoms with Gasteiger partial charge in [-0.1, -0.05) is 140 Å². The molecule has 1 aliphatic carbocycles. The van der Waals surface area contributed by atoms with E-state index in [0.717, 1.165) is 60.8 Å². The molecule has 0 bridgehead atoms. The summed E-state index contributed by atoms with van der Waals surface area (Å²) in [4.78, 5) is 17.9. The van der Waals surface area contributed by atoms with Crippen molar-refractivity contribution in [2.75, 3.05) is 4.90 Å². The van der Waals surface area contributed by atoms with Crippen LogP contribution in [-0.2, 0) is 0 Å². The van der Waals surface area contributed by atoms with E-state index in [9.17, 15) is 0 Å². The second-order valence-electron chi connectivity index (χ2n) is 17.2. The number of rotatable bonds is 5. The average Bonchev–Trinajstić information content (AvgIpc) is 4.02. The Balaban J connectivity index is 0.897. The zero-order chi connectivity index (χ0) is 42.6. The molecule has 0 N–H and O–H groups in total. The van der Waals surface area contributed by atoms with Gasteiger partial charge in [-0.15, -0.1) is 0 Å². The van der Waals surface area contributed by atoms with Crippen molar-refractivity contribution in [3.05, 3.63) is 216 Å². The molecule has 9 aromatic carbocycles. The summed E-state index contributed by atoms with van der Waals surface area (Å²) in [6, 6.07) is 70.9. The van der Waals surface area contributed by atoms with Crippen LogP contribution in [0.5, 0.6) is 0 Å². The van der Waals surface area contributed by atoms with Crippen LogP contribution in [0, 0.1) is 0 Å². The summed E-state index contributed by atoms with van der Waals surface area (Å²) in [7, 11) is 0. The van der Waals surface area contributed by atoms with Crippen molar-refractivity contribution < 1.29 is 4.42 Å². The Morgan fingerprint density at radius 1 is 0.415 bits per heavy atom. The number of nitrogens with zero attached hydrogens (tertiary/aromatic N) is 5. The highest BCUT2D eigenvalue weighted by molar-refractivity contribution is 6.07. The first-order chi connectivity index (χ1) is 32.2. The summed E-state index contributed by atoms with van der Waals surface area (Å²) >= 11 is 0. The Labute approximate surface area is 373 Å². The molecule has 304 valence electrons. The fourth-order valence-corrected chi connectivity index (χ4v) is 10.5. The van der Waals surface area contributed by atoms with Crippen molar-refractivity contribution in [2.45, 2.75) is 12.0 Å². The van der Waals surface area contributed by atoms with Crippen LogP contribution >= 0.6 is 0 Å². The van der Waals surface area contributed by atoms with Crippen molar-refractivity contribution in [3.8, 4) is 39.9 Å². The van der Waals surface area contributed by atoms with Gasteiger partial charge in [0.25, 0.3) is 0 Å². The molecule has 2 atom stereocenters. The van der Waals surface area contributed by atoms with Crippen molar-refractivity contribution in [2.24, 2.45) is 0 Å². The Morgan fingerprint density at radius 2 is 1.03 bits per heavy atom. The predicted molar refractivity (Wildman–Crippen MR) is 265 cm³/mol. The monoisotopic (exact) mass is 831 g/mol. The first-order valence-electron chi connectivity index (χ1n) is 22.2. The van der Waals surface area contributed by atoms with Gasteiger partial charge in [0.1, 0.15) is 11.2 Å². The Bertz CT molecular complexity index is 3960. The molecular formula is C59H37N5O. The van der Waals surface area contributed by atoms with E-state index < -0.39 is 0 Å². The van der Waals surface area contributed by atoms with Crippen LogP contribution in [0.1, 0.15) is 11.5 Å². The highest BCUT2D eigenvalue weighted by atomic mass is 16.3. The fourth-order valence-electron chi connectivity index (χ4n) is 10.5. The van der Waals surface area contributed by atoms with Gasteiger partial charge >= 0.3 is 0 Å². The predicted octanol–water partition coefficient (Wildman–Crippen LogP) is 12.9. The topological polar surface area (TPSA) is 60.0 Å². The maximum absolute atomic E-state index is 6.67. The molecule has 4 heterocycles. The second kappa shape index (κ2) is 13.9. The molecule has 12 aromatic rings. The molecule has 1 aliphatic heterocycles. The van der Waals surface area contributed by atoms with Crippen molar-refractivity contribution >= 4 is 77.9 Å². The molecule has 0 fully saturated rings. The summed E-state index contributed by atoms with van der Waals surface area (Å²) < 4.78 is 9.09. The zero-order valence-corrected chi connectivity index (χ0v) is 35.0. The normalized spacial score (nSPS) is 15.3. The number of anilines is 2. The van der Waals surface area contributed by atoms with Gasteiger partial charge in [0.15, 0.2) is 17.5 Å². The molecule has 14 rings (SSSR count). The largest absolute Gasteiger partial charge is 0.456 e. The molecule has 0 saturated heterocycles. The molecule has 2 aliphatic rings. The van der Waals surface area contributed by atoms with Gasteiger partial charge in [0, 0.05) is 61.0 Å². The summed E-state index contributed by atoms with van der Waals surface area (Å²) in [6.45, 7) is 0. The van der Waals surface area contributed by atoms with Gasteiger partial charge in [-0.2, -0.15) is 0 Å². The average molecular weight is 832 g/mol. The lowest BCUT2D eigenvalue weighted by molar-refractivity contribution is 0.669. The van der Waals surface area contributed by atoms with E-state index >= 15 is 0 Å². The number of aromatic nitrogens is 4. The molecule has 0 spiro atoms.